The van der Waals surface area contributed by atoms with Crippen LogP contribution in [0.3, 0.4) is 0 Å². The molecule has 1 aromatic carbocycles. The van der Waals surface area contributed by atoms with Crippen LogP contribution in [0.25, 0.3) is 0 Å². The Labute approximate surface area is 145 Å². The standard InChI is InChI=1S/C18H20N2O5/c1-24-16-11-14(15(20(22)23)12-17(16)25-2)9-10-19-18(21)13-7-5-3-4-6-8-13/h3-8,11-13H,9-10H2,1-2H3,(H,19,21). The van der Waals surface area contributed by atoms with Gasteiger partial charge in [0.05, 0.1) is 31.1 Å². The maximum absolute atomic E-state index is 12.2. The molecule has 0 atom stereocenters. The fourth-order valence-electron chi connectivity index (χ4n) is 2.45. The van der Waals surface area contributed by atoms with Crippen LogP contribution in [0, 0.1) is 16.0 Å². The number of nitro groups is 1. The molecule has 1 amide bonds. The van der Waals surface area contributed by atoms with Crippen molar-refractivity contribution in [3.8, 4) is 11.5 Å². The van der Waals surface area contributed by atoms with Crippen LogP contribution in [0.5, 0.6) is 11.5 Å². The van der Waals surface area contributed by atoms with E-state index >= 15 is 0 Å². The molecule has 0 heterocycles. The molecule has 7 nitrogen and oxygen atoms in total. The van der Waals surface area contributed by atoms with Crippen molar-refractivity contribution in [1.29, 1.82) is 0 Å². The summed E-state index contributed by atoms with van der Waals surface area (Å²) in [5, 5.41) is 14.1. The summed E-state index contributed by atoms with van der Waals surface area (Å²) in [6, 6.07) is 2.90. The minimum atomic E-state index is -0.471. The van der Waals surface area contributed by atoms with Crippen LogP contribution in [-0.2, 0) is 11.2 Å². The second-order valence-electron chi connectivity index (χ2n) is 5.31. The predicted octanol–water partition coefficient (Wildman–Crippen LogP) is 2.57. The molecule has 0 aliphatic heterocycles. The van der Waals surface area contributed by atoms with Crippen molar-refractivity contribution in [3.05, 3.63) is 64.3 Å². The number of hydrogen-bond donors (Lipinski definition) is 1. The number of nitrogens with one attached hydrogen (secondary N) is 1. The van der Waals surface area contributed by atoms with Crippen molar-refractivity contribution in [2.75, 3.05) is 20.8 Å². The van der Waals surface area contributed by atoms with Gasteiger partial charge in [-0.05, 0) is 12.5 Å². The summed E-state index contributed by atoms with van der Waals surface area (Å²) in [5.74, 6) is 0.202. The van der Waals surface area contributed by atoms with E-state index in [4.69, 9.17) is 9.47 Å². The first-order chi connectivity index (χ1) is 12.1. The number of ether oxygens (including phenoxy) is 2. The van der Waals surface area contributed by atoms with Gasteiger partial charge in [-0.2, -0.15) is 0 Å². The monoisotopic (exact) mass is 344 g/mol. The van der Waals surface area contributed by atoms with Gasteiger partial charge in [0.2, 0.25) is 5.91 Å². The first-order valence-corrected chi connectivity index (χ1v) is 7.75. The molecule has 0 unspecified atom stereocenters. The van der Waals surface area contributed by atoms with Gasteiger partial charge in [0.15, 0.2) is 11.5 Å². The first-order valence-electron chi connectivity index (χ1n) is 7.75. The van der Waals surface area contributed by atoms with Gasteiger partial charge in [-0.25, -0.2) is 0 Å². The Balaban J connectivity index is 2.06. The molecule has 0 bridgehead atoms. The third-order valence-corrected chi connectivity index (χ3v) is 3.75. The fourth-order valence-corrected chi connectivity index (χ4v) is 2.45. The lowest BCUT2D eigenvalue weighted by molar-refractivity contribution is -0.385. The number of carbonyl (C=O) groups is 1. The lowest BCUT2D eigenvalue weighted by Gasteiger charge is -2.12. The number of nitrogens with zero attached hydrogens (tertiary/aromatic N) is 1. The molecule has 2 rings (SSSR count). The summed E-state index contributed by atoms with van der Waals surface area (Å²) in [4.78, 5) is 23.0. The third-order valence-electron chi connectivity index (χ3n) is 3.75. The SMILES string of the molecule is COc1cc(CCNC(=O)C2C=CC=CC=C2)c([N+](=O)[O-])cc1OC. The Morgan fingerprint density at radius 2 is 1.72 bits per heavy atom. The molecule has 1 aliphatic rings. The molecule has 0 radical (unpaired) electrons. The number of rotatable bonds is 7. The van der Waals surface area contributed by atoms with E-state index in [-0.39, 0.29) is 24.1 Å². The van der Waals surface area contributed by atoms with E-state index in [0.717, 1.165) is 0 Å². The Morgan fingerprint density at radius 3 is 2.28 bits per heavy atom. The topological polar surface area (TPSA) is 90.7 Å². The minimum Gasteiger partial charge on any atom is -0.493 e. The highest BCUT2D eigenvalue weighted by atomic mass is 16.6. The number of allylic oxidation sites excluding steroid dienone is 4. The zero-order chi connectivity index (χ0) is 18.2. The van der Waals surface area contributed by atoms with Crippen molar-refractivity contribution < 1.29 is 19.2 Å². The number of nitro benzene ring substituents is 1. The smallest absolute Gasteiger partial charge is 0.276 e. The van der Waals surface area contributed by atoms with Crippen molar-refractivity contribution >= 4 is 11.6 Å². The van der Waals surface area contributed by atoms with Gasteiger partial charge in [0.25, 0.3) is 5.69 Å². The van der Waals surface area contributed by atoms with E-state index in [1.54, 1.807) is 18.2 Å². The summed E-state index contributed by atoms with van der Waals surface area (Å²) < 4.78 is 10.3. The van der Waals surface area contributed by atoms with Gasteiger partial charge < -0.3 is 14.8 Å². The van der Waals surface area contributed by atoms with Gasteiger partial charge in [-0.1, -0.05) is 36.5 Å². The lowest BCUT2D eigenvalue weighted by atomic mass is 10.1. The third kappa shape index (κ3) is 4.69. The molecule has 1 aromatic rings. The van der Waals surface area contributed by atoms with E-state index < -0.39 is 4.92 Å². The normalized spacial score (nSPS) is 13.4. The highest BCUT2D eigenvalue weighted by Gasteiger charge is 2.20. The summed E-state index contributed by atoms with van der Waals surface area (Å²) in [7, 11) is 2.89. The molecule has 1 N–H and O–H groups in total. The number of amides is 1. The minimum absolute atomic E-state index is 0.0645. The summed E-state index contributed by atoms with van der Waals surface area (Å²) in [5.41, 5.74) is 0.405. The van der Waals surface area contributed by atoms with Gasteiger partial charge in [0, 0.05) is 12.1 Å². The molecule has 0 aromatic heterocycles. The van der Waals surface area contributed by atoms with E-state index in [2.05, 4.69) is 5.32 Å². The zero-order valence-electron chi connectivity index (χ0n) is 14.1. The molecule has 0 saturated carbocycles. The molecule has 0 saturated heterocycles. The van der Waals surface area contributed by atoms with Gasteiger partial charge in [-0.3, -0.25) is 14.9 Å². The maximum Gasteiger partial charge on any atom is 0.276 e. The van der Waals surface area contributed by atoms with Gasteiger partial charge >= 0.3 is 0 Å². The lowest BCUT2D eigenvalue weighted by Crippen LogP contribution is -2.30. The highest BCUT2D eigenvalue weighted by Crippen LogP contribution is 2.34. The van der Waals surface area contributed by atoms with Crippen molar-refractivity contribution in [1.82, 2.24) is 5.32 Å². The van der Waals surface area contributed by atoms with Crippen LogP contribution in [0.1, 0.15) is 5.56 Å². The van der Waals surface area contributed by atoms with Crippen LogP contribution in [0.15, 0.2) is 48.6 Å². The van der Waals surface area contributed by atoms with Crippen LogP contribution in [0.2, 0.25) is 0 Å². The molecular weight excluding hydrogens is 324 g/mol. The molecule has 7 heteroatoms. The number of benzene rings is 1. The maximum atomic E-state index is 12.2. The van der Waals surface area contributed by atoms with Crippen molar-refractivity contribution in [3.63, 3.8) is 0 Å². The average molecular weight is 344 g/mol. The highest BCUT2D eigenvalue weighted by molar-refractivity contribution is 5.82. The molecule has 132 valence electrons. The number of hydrogen-bond acceptors (Lipinski definition) is 5. The average Bonchev–Trinajstić information content (AvgIpc) is 2.90. The Kier molecular flexibility index (Phi) is 6.33. The second-order valence-corrected chi connectivity index (χ2v) is 5.31. The summed E-state index contributed by atoms with van der Waals surface area (Å²) >= 11 is 0. The van der Waals surface area contributed by atoms with Crippen molar-refractivity contribution in [2.24, 2.45) is 5.92 Å². The molecule has 0 spiro atoms. The van der Waals surface area contributed by atoms with Gasteiger partial charge in [-0.15, -0.1) is 0 Å². The van der Waals surface area contributed by atoms with E-state index in [0.29, 0.717) is 23.5 Å². The van der Waals surface area contributed by atoms with Crippen molar-refractivity contribution in [2.45, 2.75) is 6.42 Å². The van der Waals surface area contributed by atoms with E-state index in [9.17, 15) is 14.9 Å². The summed E-state index contributed by atoms with van der Waals surface area (Å²) in [6.45, 7) is 0.279. The quantitative estimate of drug-likeness (QED) is 0.606. The number of methoxy groups -OCH3 is 2. The van der Waals surface area contributed by atoms with E-state index in [1.165, 1.54) is 20.3 Å². The first kappa shape index (κ1) is 18.3. The second kappa shape index (κ2) is 8.68. The Hall–Kier alpha value is -3.09. The van der Waals surface area contributed by atoms with Crippen LogP contribution in [0.4, 0.5) is 5.69 Å². The Bertz CT molecular complexity index is 721. The van der Waals surface area contributed by atoms with Crippen LogP contribution >= 0.6 is 0 Å². The fraction of sp³-hybridized carbons (Fsp3) is 0.278. The van der Waals surface area contributed by atoms with Crippen LogP contribution < -0.4 is 14.8 Å². The molecule has 0 fully saturated rings. The van der Waals surface area contributed by atoms with Crippen LogP contribution in [-0.4, -0.2) is 31.6 Å². The molecule has 25 heavy (non-hydrogen) atoms. The summed E-state index contributed by atoms with van der Waals surface area (Å²) in [6.07, 6.45) is 11.2. The predicted molar refractivity (Wildman–Crippen MR) is 93.8 cm³/mol. The molecule has 1 aliphatic carbocycles. The number of carbonyl (C=O) groups excluding carboxylic acids is 1. The zero-order valence-corrected chi connectivity index (χ0v) is 14.1. The largest absolute Gasteiger partial charge is 0.493 e. The van der Waals surface area contributed by atoms with E-state index in [1.807, 2.05) is 24.3 Å². The molecular formula is C18H20N2O5. The van der Waals surface area contributed by atoms with Gasteiger partial charge in [0.1, 0.15) is 0 Å². The Morgan fingerprint density at radius 1 is 1.12 bits per heavy atom.